The topological polar surface area (TPSA) is 66.8 Å². The molecule has 0 aliphatic carbocycles. The first-order valence-electron chi connectivity index (χ1n) is 5.98. The van der Waals surface area contributed by atoms with Crippen molar-refractivity contribution < 1.29 is 19.4 Å². The van der Waals surface area contributed by atoms with Gasteiger partial charge in [0.1, 0.15) is 17.3 Å². The third-order valence-electron chi connectivity index (χ3n) is 2.59. The number of likely N-dealkylation sites (N-methyl/N-ethyl adjacent to an activating group) is 1. The van der Waals surface area contributed by atoms with Gasteiger partial charge in [0, 0.05) is 6.54 Å². The van der Waals surface area contributed by atoms with Crippen LogP contribution in [0.15, 0.2) is 18.2 Å². The van der Waals surface area contributed by atoms with Crippen LogP contribution in [0.1, 0.15) is 13.8 Å². The summed E-state index contributed by atoms with van der Waals surface area (Å²) in [4.78, 5) is 23.9. The van der Waals surface area contributed by atoms with E-state index in [-0.39, 0.29) is 23.9 Å². The first-order valence-corrected chi connectivity index (χ1v) is 6.73. The van der Waals surface area contributed by atoms with E-state index in [1.165, 1.54) is 11.8 Å². The molecule has 0 saturated carbocycles. The van der Waals surface area contributed by atoms with Crippen molar-refractivity contribution in [3.05, 3.63) is 28.2 Å². The summed E-state index contributed by atoms with van der Waals surface area (Å²) in [6.45, 7) is 3.14. The van der Waals surface area contributed by atoms with Gasteiger partial charge in [-0.25, -0.2) is 0 Å². The smallest absolute Gasteiger partial charge is 0.323 e. The number of ether oxygens (including phenoxy) is 1. The number of aliphatic carboxylic acids is 1. The highest BCUT2D eigenvalue weighted by molar-refractivity contribution is 6.42. The minimum absolute atomic E-state index is 0.218. The van der Waals surface area contributed by atoms with Gasteiger partial charge in [-0.2, -0.15) is 0 Å². The van der Waals surface area contributed by atoms with Crippen molar-refractivity contribution in [2.45, 2.75) is 20.0 Å². The Balaban J connectivity index is 2.79. The van der Waals surface area contributed by atoms with Crippen molar-refractivity contribution in [2.24, 2.45) is 0 Å². The Morgan fingerprint density at radius 1 is 1.40 bits per heavy atom. The van der Waals surface area contributed by atoms with Gasteiger partial charge >= 0.3 is 5.97 Å². The summed E-state index contributed by atoms with van der Waals surface area (Å²) in [5.74, 6) is -1.22. The molecule has 1 amide bonds. The van der Waals surface area contributed by atoms with Gasteiger partial charge in [0.25, 0.3) is 5.91 Å². The van der Waals surface area contributed by atoms with E-state index in [0.29, 0.717) is 5.02 Å². The van der Waals surface area contributed by atoms with Crippen molar-refractivity contribution in [1.29, 1.82) is 0 Å². The van der Waals surface area contributed by atoms with E-state index in [1.54, 1.807) is 25.1 Å². The van der Waals surface area contributed by atoms with Gasteiger partial charge < -0.3 is 14.7 Å². The van der Waals surface area contributed by atoms with Crippen molar-refractivity contribution in [1.82, 2.24) is 4.90 Å². The van der Waals surface area contributed by atoms with Crippen LogP contribution in [0.3, 0.4) is 0 Å². The molecule has 0 bridgehead atoms. The molecule has 110 valence electrons. The molecule has 1 N–H and O–H groups in total. The molecule has 7 heteroatoms. The maximum atomic E-state index is 12.1. The summed E-state index contributed by atoms with van der Waals surface area (Å²) in [5, 5.41) is 9.28. The van der Waals surface area contributed by atoms with Crippen LogP contribution in [-0.4, -0.2) is 41.1 Å². The van der Waals surface area contributed by atoms with Crippen molar-refractivity contribution >= 4 is 35.1 Å². The number of carboxylic acids is 1. The minimum Gasteiger partial charge on any atom is -0.480 e. The molecule has 1 aromatic rings. The van der Waals surface area contributed by atoms with E-state index in [0.717, 1.165) is 0 Å². The molecule has 1 atom stereocenters. The zero-order chi connectivity index (χ0) is 15.3. The van der Waals surface area contributed by atoms with E-state index in [9.17, 15) is 9.59 Å². The fraction of sp³-hybridized carbons (Fsp3) is 0.385. The van der Waals surface area contributed by atoms with Gasteiger partial charge in [-0.15, -0.1) is 0 Å². The Morgan fingerprint density at radius 2 is 2.05 bits per heavy atom. The lowest BCUT2D eigenvalue weighted by atomic mass is 10.3. The summed E-state index contributed by atoms with van der Waals surface area (Å²) in [6.07, 6.45) is -0.856. The Labute approximate surface area is 127 Å². The van der Waals surface area contributed by atoms with Gasteiger partial charge in [0.15, 0.2) is 6.10 Å². The summed E-state index contributed by atoms with van der Waals surface area (Å²) in [7, 11) is 0. The normalized spacial score (nSPS) is 11.8. The van der Waals surface area contributed by atoms with Crippen molar-refractivity contribution in [3.63, 3.8) is 0 Å². The maximum absolute atomic E-state index is 12.1. The number of amides is 1. The van der Waals surface area contributed by atoms with Gasteiger partial charge in [0.05, 0.1) is 5.02 Å². The second-order valence-electron chi connectivity index (χ2n) is 4.06. The summed E-state index contributed by atoms with van der Waals surface area (Å²) in [5.41, 5.74) is 0. The third kappa shape index (κ3) is 4.28. The first-order chi connectivity index (χ1) is 9.36. The highest BCUT2D eigenvalue weighted by atomic mass is 35.5. The molecule has 1 unspecified atom stereocenters. The summed E-state index contributed by atoms with van der Waals surface area (Å²) in [6, 6.07) is 4.84. The fourth-order valence-electron chi connectivity index (χ4n) is 1.58. The molecule has 20 heavy (non-hydrogen) atoms. The highest BCUT2D eigenvalue weighted by Gasteiger charge is 2.23. The van der Waals surface area contributed by atoms with Gasteiger partial charge in [-0.1, -0.05) is 29.3 Å². The Morgan fingerprint density at radius 3 is 2.60 bits per heavy atom. The Hall–Kier alpha value is -1.46. The number of nitrogens with zero attached hydrogens (tertiary/aromatic N) is 1. The second kappa shape index (κ2) is 7.36. The lowest BCUT2D eigenvalue weighted by Crippen LogP contribution is -2.43. The van der Waals surface area contributed by atoms with Crippen LogP contribution in [0.25, 0.3) is 0 Å². The maximum Gasteiger partial charge on any atom is 0.323 e. The average molecular weight is 320 g/mol. The number of benzene rings is 1. The van der Waals surface area contributed by atoms with E-state index in [4.69, 9.17) is 33.0 Å². The number of carbonyl (C=O) groups is 2. The number of rotatable bonds is 6. The van der Waals surface area contributed by atoms with Crippen LogP contribution >= 0.6 is 23.2 Å². The van der Waals surface area contributed by atoms with Crippen LogP contribution in [0.5, 0.6) is 5.75 Å². The monoisotopic (exact) mass is 319 g/mol. The molecule has 0 fully saturated rings. The highest BCUT2D eigenvalue weighted by Crippen LogP contribution is 2.32. The number of carbonyl (C=O) groups excluding carboxylic acids is 1. The van der Waals surface area contributed by atoms with Crippen molar-refractivity contribution in [2.75, 3.05) is 13.1 Å². The number of hydrogen-bond donors (Lipinski definition) is 1. The quantitative estimate of drug-likeness (QED) is 0.875. The lowest BCUT2D eigenvalue weighted by Gasteiger charge is -2.23. The molecule has 0 spiro atoms. The van der Waals surface area contributed by atoms with Crippen LogP contribution in [0, 0.1) is 0 Å². The summed E-state index contributed by atoms with van der Waals surface area (Å²) < 4.78 is 5.45. The molecular formula is C13H15Cl2NO4. The largest absolute Gasteiger partial charge is 0.480 e. The molecule has 0 aliphatic heterocycles. The zero-order valence-electron chi connectivity index (χ0n) is 11.1. The predicted octanol–water partition coefficient (Wildman–Crippen LogP) is 2.69. The van der Waals surface area contributed by atoms with Crippen molar-refractivity contribution in [3.8, 4) is 5.75 Å². The Bertz CT molecular complexity index is 507. The molecule has 0 aliphatic rings. The Kier molecular flexibility index (Phi) is 6.10. The second-order valence-corrected chi connectivity index (χ2v) is 4.84. The van der Waals surface area contributed by atoms with E-state index in [1.807, 2.05) is 0 Å². The van der Waals surface area contributed by atoms with Gasteiger partial charge in [-0.05, 0) is 26.0 Å². The molecule has 5 nitrogen and oxygen atoms in total. The first kappa shape index (κ1) is 16.6. The molecule has 1 rings (SSSR count). The van der Waals surface area contributed by atoms with Gasteiger partial charge in [0.2, 0.25) is 0 Å². The number of hydrogen-bond acceptors (Lipinski definition) is 3. The van der Waals surface area contributed by atoms with Crippen LogP contribution in [0.4, 0.5) is 0 Å². The zero-order valence-corrected chi connectivity index (χ0v) is 12.6. The predicted molar refractivity (Wildman–Crippen MR) is 76.4 cm³/mol. The van der Waals surface area contributed by atoms with E-state index in [2.05, 4.69) is 0 Å². The van der Waals surface area contributed by atoms with Gasteiger partial charge in [-0.3, -0.25) is 9.59 Å². The third-order valence-corrected chi connectivity index (χ3v) is 3.39. The molecular weight excluding hydrogens is 305 g/mol. The summed E-state index contributed by atoms with van der Waals surface area (Å²) >= 11 is 11.8. The van der Waals surface area contributed by atoms with E-state index >= 15 is 0 Å². The fourth-order valence-corrected chi connectivity index (χ4v) is 1.92. The standard InChI is InChI=1S/C13H15Cl2NO4/c1-3-16(7-11(17)18)13(19)8(2)20-10-6-4-5-9(14)12(10)15/h4-6,8H,3,7H2,1-2H3,(H,17,18). The molecule has 0 saturated heterocycles. The minimum atomic E-state index is -1.08. The average Bonchev–Trinajstić information content (AvgIpc) is 2.40. The van der Waals surface area contributed by atoms with Crippen LogP contribution in [-0.2, 0) is 9.59 Å². The van der Waals surface area contributed by atoms with Crippen LogP contribution in [0.2, 0.25) is 10.0 Å². The molecule has 0 aromatic heterocycles. The number of carboxylic acid groups (broad SMARTS) is 1. The molecule has 0 heterocycles. The van der Waals surface area contributed by atoms with E-state index < -0.39 is 18.0 Å². The number of halogens is 2. The molecule has 0 radical (unpaired) electrons. The molecule has 1 aromatic carbocycles. The van der Waals surface area contributed by atoms with Crippen LogP contribution < -0.4 is 4.74 Å². The SMILES string of the molecule is CCN(CC(=O)O)C(=O)C(C)Oc1cccc(Cl)c1Cl. The lowest BCUT2D eigenvalue weighted by molar-refractivity contribution is -0.147.